The topological polar surface area (TPSA) is 82.5 Å². The molecule has 8 heteroatoms. The third-order valence-corrected chi connectivity index (χ3v) is 6.32. The Kier molecular flexibility index (Phi) is 7.51. The van der Waals surface area contributed by atoms with E-state index in [0.717, 1.165) is 20.3 Å². The van der Waals surface area contributed by atoms with E-state index in [1.807, 2.05) is 43.3 Å². The van der Waals surface area contributed by atoms with Crippen LogP contribution in [0.4, 0.5) is 0 Å². The number of ether oxygens (including phenoxy) is 2. The summed E-state index contributed by atoms with van der Waals surface area (Å²) < 4.78 is 13.8. The molecule has 0 aliphatic rings. The molecule has 0 radical (unpaired) electrons. The Balaban J connectivity index is 1.63. The first kappa shape index (κ1) is 24.5. The monoisotopic (exact) mass is 535 g/mol. The second kappa shape index (κ2) is 10.7. The first-order valence-corrected chi connectivity index (χ1v) is 12.0. The molecule has 35 heavy (non-hydrogen) atoms. The van der Waals surface area contributed by atoms with Gasteiger partial charge in [0, 0.05) is 4.47 Å². The van der Waals surface area contributed by atoms with E-state index in [9.17, 15) is 9.59 Å². The van der Waals surface area contributed by atoms with Gasteiger partial charge in [0.1, 0.15) is 18.1 Å². The van der Waals surface area contributed by atoms with E-state index in [4.69, 9.17) is 9.47 Å². The van der Waals surface area contributed by atoms with E-state index < -0.39 is 11.5 Å². The molecule has 4 rings (SSSR count). The number of nitrogens with zero attached hydrogens (tertiary/aromatic N) is 2. The number of carbonyl (C=O) groups excluding carboxylic acids is 1. The van der Waals surface area contributed by atoms with Gasteiger partial charge in [0.25, 0.3) is 11.5 Å². The highest BCUT2D eigenvalue weighted by atomic mass is 79.9. The Morgan fingerprint density at radius 1 is 1.06 bits per heavy atom. The Hall–Kier alpha value is -3.65. The molecular formula is C27H26BrN3O4. The number of carbonyl (C=O) groups is 1. The summed E-state index contributed by atoms with van der Waals surface area (Å²) in [5.74, 6) is 1.27. The standard InChI is InChI=1S/C27H26BrN3O4/c1-17(2)21-14-22(28)18(3)13-24(21)35-15-25-29-23-12-8-7-11-20(23)27(33)31(25)30-26(32)16-34-19-9-5-4-6-10-19/h4-14,17H,15-16H2,1-3H3,(H,30,32). The fraction of sp³-hybridized carbons (Fsp3) is 0.222. The van der Waals surface area contributed by atoms with Gasteiger partial charge in [-0.25, -0.2) is 4.98 Å². The molecule has 0 fully saturated rings. The van der Waals surface area contributed by atoms with Crippen molar-refractivity contribution in [3.8, 4) is 11.5 Å². The van der Waals surface area contributed by atoms with Gasteiger partial charge in [-0.3, -0.25) is 15.0 Å². The number of nitrogens with one attached hydrogen (secondary N) is 1. The Morgan fingerprint density at radius 3 is 2.51 bits per heavy atom. The first-order valence-electron chi connectivity index (χ1n) is 11.2. The van der Waals surface area contributed by atoms with Crippen LogP contribution in [0.3, 0.4) is 0 Å². The van der Waals surface area contributed by atoms with E-state index in [-0.39, 0.29) is 25.0 Å². The maximum Gasteiger partial charge on any atom is 0.280 e. The zero-order valence-corrected chi connectivity index (χ0v) is 21.3. The van der Waals surface area contributed by atoms with Crippen LogP contribution in [0.25, 0.3) is 10.9 Å². The number of para-hydroxylation sites is 2. The van der Waals surface area contributed by atoms with E-state index in [1.54, 1.807) is 30.3 Å². The molecule has 7 nitrogen and oxygen atoms in total. The lowest BCUT2D eigenvalue weighted by Gasteiger charge is -2.18. The minimum atomic E-state index is -0.489. The summed E-state index contributed by atoms with van der Waals surface area (Å²) in [5.41, 5.74) is 4.81. The van der Waals surface area contributed by atoms with Gasteiger partial charge in [-0.2, -0.15) is 4.68 Å². The SMILES string of the molecule is Cc1cc(OCc2nc3ccccc3c(=O)n2NC(=O)COc2ccccc2)c(C(C)C)cc1Br. The molecular weight excluding hydrogens is 510 g/mol. The van der Waals surface area contributed by atoms with Crippen molar-refractivity contribution in [3.63, 3.8) is 0 Å². The van der Waals surface area contributed by atoms with E-state index in [1.165, 1.54) is 0 Å². The lowest BCUT2D eigenvalue weighted by atomic mass is 10.0. The second-order valence-corrected chi connectivity index (χ2v) is 9.26. The molecule has 1 aromatic heterocycles. The zero-order valence-electron chi connectivity index (χ0n) is 19.7. The van der Waals surface area contributed by atoms with Crippen LogP contribution >= 0.6 is 15.9 Å². The average Bonchev–Trinajstić information content (AvgIpc) is 2.85. The Morgan fingerprint density at radius 2 is 1.77 bits per heavy atom. The molecule has 0 unspecified atom stereocenters. The summed E-state index contributed by atoms with van der Waals surface area (Å²) in [6, 6.07) is 20.0. The average molecular weight is 536 g/mol. The lowest BCUT2D eigenvalue weighted by molar-refractivity contribution is -0.119. The van der Waals surface area contributed by atoms with Crippen LogP contribution in [0.5, 0.6) is 11.5 Å². The minimum Gasteiger partial charge on any atom is -0.485 e. The Bertz CT molecular complexity index is 1420. The van der Waals surface area contributed by atoms with Gasteiger partial charge < -0.3 is 9.47 Å². The Labute approximate surface area is 211 Å². The number of hydrogen-bond donors (Lipinski definition) is 1. The van der Waals surface area contributed by atoms with Gasteiger partial charge in [0.2, 0.25) is 0 Å². The molecule has 1 heterocycles. The molecule has 4 aromatic rings. The zero-order chi connectivity index (χ0) is 24.9. The van der Waals surface area contributed by atoms with Crippen LogP contribution in [-0.2, 0) is 11.4 Å². The van der Waals surface area contributed by atoms with Gasteiger partial charge in [0.15, 0.2) is 12.4 Å². The van der Waals surface area contributed by atoms with Crippen LogP contribution in [0.1, 0.15) is 36.7 Å². The highest BCUT2D eigenvalue weighted by Gasteiger charge is 2.17. The van der Waals surface area contributed by atoms with E-state index in [0.29, 0.717) is 22.4 Å². The minimum absolute atomic E-state index is 0.0132. The molecule has 3 aromatic carbocycles. The van der Waals surface area contributed by atoms with Crippen molar-refractivity contribution in [3.05, 3.63) is 98.5 Å². The number of rotatable bonds is 8. The van der Waals surface area contributed by atoms with Crippen molar-refractivity contribution in [2.75, 3.05) is 12.0 Å². The number of hydrogen-bond acceptors (Lipinski definition) is 5. The smallest absolute Gasteiger partial charge is 0.280 e. The predicted molar refractivity (Wildman–Crippen MR) is 140 cm³/mol. The largest absolute Gasteiger partial charge is 0.485 e. The highest BCUT2D eigenvalue weighted by Crippen LogP contribution is 2.32. The summed E-state index contributed by atoms with van der Waals surface area (Å²) >= 11 is 3.58. The van der Waals surface area contributed by atoms with E-state index >= 15 is 0 Å². The lowest BCUT2D eigenvalue weighted by Crippen LogP contribution is -2.38. The van der Waals surface area contributed by atoms with Gasteiger partial charge in [-0.1, -0.05) is 60.1 Å². The summed E-state index contributed by atoms with van der Waals surface area (Å²) in [7, 11) is 0. The van der Waals surface area contributed by atoms with Crippen molar-refractivity contribution in [1.29, 1.82) is 0 Å². The molecule has 0 saturated heterocycles. The fourth-order valence-corrected chi connectivity index (χ4v) is 3.96. The molecule has 1 amide bonds. The number of aromatic nitrogens is 2. The van der Waals surface area contributed by atoms with Crippen LogP contribution < -0.4 is 20.5 Å². The molecule has 0 saturated carbocycles. The van der Waals surface area contributed by atoms with Crippen molar-refractivity contribution in [1.82, 2.24) is 9.66 Å². The van der Waals surface area contributed by atoms with Gasteiger partial charge in [0.05, 0.1) is 10.9 Å². The second-order valence-electron chi connectivity index (χ2n) is 8.41. The first-order chi connectivity index (χ1) is 16.8. The number of halogens is 1. The summed E-state index contributed by atoms with van der Waals surface area (Å²) in [6.45, 7) is 5.88. The molecule has 0 bridgehead atoms. The highest BCUT2D eigenvalue weighted by molar-refractivity contribution is 9.10. The van der Waals surface area contributed by atoms with Crippen molar-refractivity contribution in [2.24, 2.45) is 0 Å². The van der Waals surface area contributed by atoms with Gasteiger partial charge in [-0.05, 0) is 60.4 Å². The molecule has 0 spiro atoms. The van der Waals surface area contributed by atoms with Crippen LogP contribution in [0.2, 0.25) is 0 Å². The normalized spacial score (nSPS) is 11.0. The van der Waals surface area contributed by atoms with Crippen LogP contribution in [0, 0.1) is 6.92 Å². The molecule has 180 valence electrons. The number of benzene rings is 3. The molecule has 0 aliphatic heterocycles. The van der Waals surface area contributed by atoms with Crippen molar-refractivity contribution in [2.45, 2.75) is 33.3 Å². The van der Waals surface area contributed by atoms with Crippen LogP contribution in [0.15, 0.2) is 76.0 Å². The van der Waals surface area contributed by atoms with Crippen LogP contribution in [-0.4, -0.2) is 22.2 Å². The number of aryl methyl sites for hydroxylation is 1. The molecule has 1 N–H and O–H groups in total. The summed E-state index contributed by atoms with van der Waals surface area (Å²) in [4.78, 5) is 30.5. The molecule has 0 atom stereocenters. The summed E-state index contributed by atoms with van der Waals surface area (Å²) in [6.07, 6.45) is 0. The van der Waals surface area contributed by atoms with E-state index in [2.05, 4.69) is 40.2 Å². The third kappa shape index (κ3) is 5.71. The third-order valence-electron chi connectivity index (χ3n) is 5.46. The van der Waals surface area contributed by atoms with Gasteiger partial charge in [-0.15, -0.1) is 0 Å². The fourth-order valence-electron chi connectivity index (χ4n) is 3.60. The van der Waals surface area contributed by atoms with Crippen molar-refractivity contribution >= 4 is 32.7 Å². The maximum absolute atomic E-state index is 13.2. The van der Waals surface area contributed by atoms with Gasteiger partial charge >= 0.3 is 0 Å². The maximum atomic E-state index is 13.2. The van der Waals surface area contributed by atoms with Crippen molar-refractivity contribution < 1.29 is 14.3 Å². The number of amides is 1. The summed E-state index contributed by atoms with van der Waals surface area (Å²) in [5, 5.41) is 0.392. The quantitative estimate of drug-likeness (QED) is 0.330. The number of fused-ring (bicyclic) bond motifs is 1. The predicted octanol–water partition coefficient (Wildman–Crippen LogP) is 5.32. The molecule has 0 aliphatic carbocycles.